The van der Waals surface area contributed by atoms with Gasteiger partial charge in [0.2, 0.25) is 0 Å². The van der Waals surface area contributed by atoms with Gasteiger partial charge in [0, 0.05) is 13.2 Å². The first-order valence-corrected chi connectivity index (χ1v) is 8.76. The SMILES string of the molecule is CCO[SiH]1CCCO[SiH2]1. The van der Waals surface area contributed by atoms with E-state index >= 15 is 0 Å². The van der Waals surface area contributed by atoms with Gasteiger partial charge < -0.3 is 8.85 Å². The largest absolute Gasteiger partial charge is 0.425 e. The fourth-order valence-electron chi connectivity index (χ4n) is 1.08. The molecule has 0 amide bonds. The van der Waals surface area contributed by atoms with Crippen LogP contribution in [0.25, 0.3) is 0 Å². The lowest BCUT2D eigenvalue weighted by atomic mass is 10.5. The van der Waals surface area contributed by atoms with Gasteiger partial charge in [0.1, 0.15) is 0 Å². The summed E-state index contributed by atoms with van der Waals surface area (Å²) in [5.74, 6) is 0. The van der Waals surface area contributed by atoms with Crippen molar-refractivity contribution in [3.63, 3.8) is 0 Å². The molecule has 1 heterocycles. The minimum Gasteiger partial charge on any atom is -0.425 e. The molecule has 1 atom stereocenters. The molecule has 4 heteroatoms. The minimum atomic E-state index is -0.709. The number of rotatable bonds is 2. The third-order valence-electron chi connectivity index (χ3n) is 1.52. The predicted molar refractivity (Wildman–Crippen MR) is 42.7 cm³/mol. The van der Waals surface area contributed by atoms with Crippen LogP contribution in [-0.2, 0) is 8.85 Å². The molecule has 0 aliphatic carbocycles. The van der Waals surface area contributed by atoms with Crippen molar-refractivity contribution < 1.29 is 8.85 Å². The topological polar surface area (TPSA) is 18.5 Å². The van der Waals surface area contributed by atoms with E-state index in [1.54, 1.807) is 0 Å². The Morgan fingerprint density at radius 3 is 3.22 bits per heavy atom. The zero-order valence-electron chi connectivity index (χ0n) is 5.93. The Labute approximate surface area is 60.0 Å². The Balaban J connectivity index is 2.08. The van der Waals surface area contributed by atoms with Gasteiger partial charge in [-0.15, -0.1) is 0 Å². The van der Waals surface area contributed by atoms with E-state index in [-0.39, 0.29) is 9.28 Å². The standard InChI is InChI=1S/C5H14O2Si2/c1-2-7-9-5-3-4-6-8-9/h9H,2-5,8H2,1H3. The lowest BCUT2D eigenvalue weighted by molar-refractivity contribution is 0.299. The molecule has 0 saturated carbocycles. The van der Waals surface area contributed by atoms with Gasteiger partial charge >= 0.3 is 0 Å². The molecule has 0 aromatic heterocycles. The molecule has 2 nitrogen and oxygen atoms in total. The second kappa shape index (κ2) is 4.21. The molecule has 1 aliphatic heterocycles. The van der Waals surface area contributed by atoms with Crippen LogP contribution in [0.15, 0.2) is 0 Å². The molecule has 9 heavy (non-hydrogen) atoms. The second-order valence-corrected chi connectivity index (χ2v) is 8.92. The molecule has 0 bridgehead atoms. The molecule has 0 aromatic rings. The monoisotopic (exact) mass is 162 g/mol. The van der Waals surface area contributed by atoms with E-state index in [0.29, 0.717) is 0 Å². The van der Waals surface area contributed by atoms with Crippen LogP contribution >= 0.6 is 0 Å². The first-order chi connectivity index (χ1) is 4.43. The van der Waals surface area contributed by atoms with Gasteiger partial charge in [0.15, 0.2) is 17.8 Å². The molecule has 1 rings (SSSR count). The van der Waals surface area contributed by atoms with Crippen LogP contribution in [0, 0.1) is 0 Å². The third kappa shape index (κ3) is 2.62. The van der Waals surface area contributed by atoms with E-state index in [9.17, 15) is 0 Å². The zero-order valence-corrected chi connectivity index (χ0v) is 8.50. The summed E-state index contributed by atoms with van der Waals surface area (Å²) in [4.78, 5) is 0. The molecule has 0 radical (unpaired) electrons. The summed E-state index contributed by atoms with van der Waals surface area (Å²) in [6.07, 6.45) is 1.25. The Bertz CT molecular complexity index is 70.6. The van der Waals surface area contributed by atoms with Gasteiger partial charge in [-0.2, -0.15) is 0 Å². The maximum Gasteiger partial charge on any atom is 0.189 e. The van der Waals surface area contributed by atoms with E-state index in [4.69, 9.17) is 8.85 Å². The minimum absolute atomic E-state index is 0.172. The van der Waals surface area contributed by atoms with Crippen molar-refractivity contribution in [1.29, 1.82) is 0 Å². The molecule has 1 fully saturated rings. The molecular formula is C5H14O2Si2. The van der Waals surface area contributed by atoms with Gasteiger partial charge in [-0.25, -0.2) is 0 Å². The molecule has 54 valence electrons. The van der Waals surface area contributed by atoms with Crippen LogP contribution in [0.3, 0.4) is 0 Å². The summed E-state index contributed by atoms with van der Waals surface area (Å²) >= 11 is 0. The van der Waals surface area contributed by atoms with Crippen LogP contribution in [0.5, 0.6) is 0 Å². The highest BCUT2D eigenvalue weighted by molar-refractivity contribution is 7.06. The fourth-order valence-corrected chi connectivity index (χ4v) is 6.89. The van der Waals surface area contributed by atoms with Crippen LogP contribution in [0.1, 0.15) is 13.3 Å². The highest BCUT2D eigenvalue weighted by atomic mass is 29.2. The van der Waals surface area contributed by atoms with E-state index in [1.165, 1.54) is 12.5 Å². The number of hydrogen-bond donors (Lipinski definition) is 0. The lowest BCUT2D eigenvalue weighted by Crippen LogP contribution is -2.33. The summed E-state index contributed by atoms with van der Waals surface area (Å²) in [5.41, 5.74) is 0. The van der Waals surface area contributed by atoms with Crippen molar-refractivity contribution in [2.45, 2.75) is 19.4 Å². The third-order valence-corrected chi connectivity index (χ3v) is 8.03. The lowest BCUT2D eigenvalue weighted by Gasteiger charge is -2.19. The summed E-state index contributed by atoms with van der Waals surface area (Å²) < 4.78 is 11.0. The summed E-state index contributed by atoms with van der Waals surface area (Å²) in [6.45, 7) is 4.01. The average Bonchev–Trinajstić information content (AvgIpc) is 1.91. The highest BCUT2D eigenvalue weighted by Gasteiger charge is 2.16. The molecule has 0 N–H and O–H groups in total. The average molecular weight is 162 g/mol. The van der Waals surface area contributed by atoms with E-state index < -0.39 is 8.56 Å². The van der Waals surface area contributed by atoms with Gasteiger partial charge in [0.25, 0.3) is 0 Å². The van der Waals surface area contributed by atoms with Crippen molar-refractivity contribution in [3.05, 3.63) is 0 Å². The zero-order chi connectivity index (χ0) is 6.53. The molecule has 0 aromatic carbocycles. The molecule has 1 aliphatic rings. The van der Waals surface area contributed by atoms with Crippen molar-refractivity contribution in [2.75, 3.05) is 13.2 Å². The van der Waals surface area contributed by atoms with Gasteiger partial charge in [-0.1, -0.05) is 0 Å². The Hall–Kier alpha value is 0.354. The molecule has 1 saturated heterocycles. The summed E-state index contributed by atoms with van der Waals surface area (Å²) in [6, 6.07) is 1.38. The van der Waals surface area contributed by atoms with Gasteiger partial charge in [-0.3, -0.25) is 0 Å². The first-order valence-electron chi connectivity index (χ1n) is 3.63. The Morgan fingerprint density at radius 1 is 1.78 bits per heavy atom. The normalized spacial score (nSPS) is 31.0. The summed E-state index contributed by atoms with van der Waals surface area (Å²) in [7, 11) is -0.881. The molecule has 1 unspecified atom stereocenters. The van der Waals surface area contributed by atoms with Crippen LogP contribution in [-0.4, -0.2) is 31.1 Å². The fraction of sp³-hybridized carbons (Fsp3) is 1.00. The van der Waals surface area contributed by atoms with E-state index in [1.807, 2.05) is 0 Å². The number of hydrogen-bond acceptors (Lipinski definition) is 2. The Kier molecular flexibility index (Phi) is 3.49. The maximum atomic E-state index is 5.56. The van der Waals surface area contributed by atoms with E-state index in [0.717, 1.165) is 13.2 Å². The van der Waals surface area contributed by atoms with Crippen molar-refractivity contribution in [3.8, 4) is 0 Å². The first kappa shape index (κ1) is 7.46. The second-order valence-electron chi connectivity index (χ2n) is 2.29. The van der Waals surface area contributed by atoms with Gasteiger partial charge in [0.05, 0.1) is 0 Å². The smallest absolute Gasteiger partial charge is 0.189 e. The van der Waals surface area contributed by atoms with Crippen molar-refractivity contribution >= 4 is 17.8 Å². The van der Waals surface area contributed by atoms with Crippen LogP contribution in [0.4, 0.5) is 0 Å². The molecule has 0 spiro atoms. The van der Waals surface area contributed by atoms with Crippen molar-refractivity contribution in [2.24, 2.45) is 0 Å². The predicted octanol–water partition coefficient (Wildman–Crippen LogP) is -0.253. The highest BCUT2D eigenvalue weighted by Crippen LogP contribution is 2.04. The van der Waals surface area contributed by atoms with Gasteiger partial charge in [-0.05, 0) is 19.4 Å². The van der Waals surface area contributed by atoms with Crippen LogP contribution < -0.4 is 0 Å². The van der Waals surface area contributed by atoms with Crippen molar-refractivity contribution in [1.82, 2.24) is 0 Å². The quantitative estimate of drug-likeness (QED) is 0.521. The maximum absolute atomic E-state index is 5.56. The molecular weight excluding hydrogens is 148 g/mol. The summed E-state index contributed by atoms with van der Waals surface area (Å²) in [5, 5.41) is 0. The van der Waals surface area contributed by atoms with Crippen LogP contribution in [0.2, 0.25) is 6.04 Å². The Morgan fingerprint density at radius 2 is 2.67 bits per heavy atom. The van der Waals surface area contributed by atoms with E-state index in [2.05, 4.69) is 6.92 Å².